The fourth-order valence-corrected chi connectivity index (χ4v) is 3.73. The van der Waals surface area contributed by atoms with Crippen LogP contribution in [0.5, 0.6) is 17.2 Å². The molecule has 2 aromatic rings. The summed E-state index contributed by atoms with van der Waals surface area (Å²) in [6.07, 6.45) is 0. The molecular formula is C22H30N2O3. The maximum Gasteiger partial charge on any atom is 0.161 e. The molecule has 3 rings (SSSR count). The molecular weight excluding hydrogens is 340 g/mol. The number of piperazine rings is 1. The first-order valence-corrected chi connectivity index (χ1v) is 9.45. The van der Waals surface area contributed by atoms with Gasteiger partial charge in [0, 0.05) is 39.3 Å². The average molecular weight is 370 g/mol. The van der Waals surface area contributed by atoms with Crippen molar-refractivity contribution in [3.63, 3.8) is 0 Å². The van der Waals surface area contributed by atoms with Crippen LogP contribution in [0.4, 0.5) is 0 Å². The number of hydrogen-bond acceptors (Lipinski definition) is 5. The maximum absolute atomic E-state index is 10.0. The van der Waals surface area contributed by atoms with E-state index in [4.69, 9.17) is 9.47 Å². The minimum absolute atomic E-state index is 0.237. The standard InChI is InChI=1S/C22H30N2O3/c1-16-11-18(5-6-20(16)26-3)14-23-7-9-24(10-8-23)15-19-12-17(2)22(25)21(13-19)27-4/h5-6,11-13,25H,7-10,14-15H2,1-4H3. The van der Waals surface area contributed by atoms with Crippen molar-refractivity contribution in [1.82, 2.24) is 9.80 Å². The summed E-state index contributed by atoms with van der Waals surface area (Å²) in [5, 5.41) is 10.0. The highest BCUT2D eigenvalue weighted by atomic mass is 16.5. The van der Waals surface area contributed by atoms with Gasteiger partial charge in [-0.15, -0.1) is 0 Å². The van der Waals surface area contributed by atoms with Crippen LogP contribution in [0, 0.1) is 13.8 Å². The number of aryl methyl sites for hydroxylation is 2. The van der Waals surface area contributed by atoms with Crippen LogP contribution in [-0.4, -0.2) is 55.3 Å². The van der Waals surface area contributed by atoms with Crippen LogP contribution >= 0.6 is 0 Å². The normalized spacial score (nSPS) is 15.7. The number of benzene rings is 2. The molecule has 0 aliphatic carbocycles. The molecule has 1 saturated heterocycles. The Hall–Kier alpha value is -2.24. The smallest absolute Gasteiger partial charge is 0.161 e. The highest BCUT2D eigenvalue weighted by molar-refractivity contribution is 5.47. The van der Waals surface area contributed by atoms with Gasteiger partial charge in [0.05, 0.1) is 14.2 Å². The van der Waals surface area contributed by atoms with E-state index in [1.807, 2.05) is 19.1 Å². The lowest BCUT2D eigenvalue weighted by atomic mass is 10.1. The van der Waals surface area contributed by atoms with Gasteiger partial charge < -0.3 is 14.6 Å². The number of rotatable bonds is 6. The van der Waals surface area contributed by atoms with E-state index in [0.717, 1.165) is 50.6 Å². The first kappa shape index (κ1) is 19.5. The minimum Gasteiger partial charge on any atom is -0.504 e. The Labute approximate surface area is 162 Å². The van der Waals surface area contributed by atoms with Crippen molar-refractivity contribution >= 4 is 0 Å². The SMILES string of the molecule is COc1ccc(CN2CCN(Cc3cc(C)c(O)c(OC)c3)CC2)cc1C. The Morgan fingerprint density at radius 2 is 1.33 bits per heavy atom. The van der Waals surface area contributed by atoms with E-state index in [-0.39, 0.29) is 5.75 Å². The first-order valence-electron chi connectivity index (χ1n) is 9.45. The monoisotopic (exact) mass is 370 g/mol. The molecule has 0 spiro atoms. The Kier molecular flexibility index (Phi) is 6.24. The summed E-state index contributed by atoms with van der Waals surface area (Å²) in [5.74, 6) is 1.74. The number of phenolic OH excluding ortho intramolecular Hbond substituents is 1. The van der Waals surface area contributed by atoms with Gasteiger partial charge in [-0.05, 0) is 48.2 Å². The van der Waals surface area contributed by atoms with Gasteiger partial charge in [0.2, 0.25) is 0 Å². The summed E-state index contributed by atoms with van der Waals surface area (Å²) in [5.41, 5.74) is 4.56. The first-order chi connectivity index (χ1) is 13.0. The third kappa shape index (κ3) is 4.73. The molecule has 2 aromatic carbocycles. The molecule has 1 fully saturated rings. The molecule has 1 heterocycles. The van der Waals surface area contributed by atoms with E-state index >= 15 is 0 Å². The van der Waals surface area contributed by atoms with Gasteiger partial charge in [0.15, 0.2) is 11.5 Å². The van der Waals surface area contributed by atoms with Gasteiger partial charge in [-0.2, -0.15) is 0 Å². The summed E-state index contributed by atoms with van der Waals surface area (Å²) in [6, 6.07) is 10.4. The van der Waals surface area contributed by atoms with E-state index in [0.29, 0.717) is 5.75 Å². The average Bonchev–Trinajstić information content (AvgIpc) is 2.66. The van der Waals surface area contributed by atoms with Crippen molar-refractivity contribution in [2.24, 2.45) is 0 Å². The van der Waals surface area contributed by atoms with Crippen molar-refractivity contribution in [2.45, 2.75) is 26.9 Å². The van der Waals surface area contributed by atoms with E-state index < -0.39 is 0 Å². The Balaban J connectivity index is 1.55. The highest BCUT2D eigenvalue weighted by Gasteiger charge is 2.18. The number of phenols is 1. The molecule has 5 nitrogen and oxygen atoms in total. The van der Waals surface area contributed by atoms with Gasteiger partial charge in [-0.1, -0.05) is 18.2 Å². The van der Waals surface area contributed by atoms with E-state index in [2.05, 4.69) is 34.9 Å². The molecule has 0 aromatic heterocycles. The highest BCUT2D eigenvalue weighted by Crippen LogP contribution is 2.31. The summed E-state index contributed by atoms with van der Waals surface area (Å²) >= 11 is 0. The molecule has 0 bridgehead atoms. The number of ether oxygens (including phenoxy) is 2. The molecule has 0 amide bonds. The molecule has 0 atom stereocenters. The van der Waals surface area contributed by atoms with Gasteiger partial charge in [-0.3, -0.25) is 9.80 Å². The predicted molar refractivity (Wildman–Crippen MR) is 108 cm³/mol. The number of hydrogen-bond donors (Lipinski definition) is 1. The van der Waals surface area contributed by atoms with Gasteiger partial charge in [0.25, 0.3) is 0 Å². The van der Waals surface area contributed by atoms with Crippen LogP contribution in [0.15, 0.2) is 30.3 Å². The summed E-state index contributed by atoms with van der Waals surface area (Å²) in [6.45, 7) is 10.1. The van der Waals surface area contributed by atoms with E-state index in [1.165, 1.54) is 16.7 Å². The van der Waals surface area contributed by atoms with Crippen LogP contribution in [0.1, 0.15) is 22.3 Å². The van der Waals surface area contributed by atoms with Crippen molar-refractivity contribution in [1.29, 1.82) is 0 Å². The van der Waals surface area contributed by atoms with Crippen LogP contribution in [0.3, 0.4) is 0 Å². The zero-order valence-electron chi connectivity index (χ0n) is 16.8. The molecule has 1 aliphatic rings. The van der Waals surface area contributed by atoms with Gasteiger partial charge in [0.1, 0.15) is 5.75 Å². The van der Waals surface area contributed by atoms with Gasteiger partial charge >= 0.3 is 0 Å². The van der Waals surface area contributed by atoms with Crippen molar-refractivity contribution in [3.8, 4) is 17.2 Å². The molecule has 0 unspecified atom stereocenters. The Morgan fingerprint density at radius 3 is 1.89 bits per heavy atom. The third-order valence-electron chi connectivity index (χ3n) is 5.28. The van der Waals surface area contributed by atoms with Crippen molar-refractivity contribution < 1.29 is 14.6 Å². The van der Waals surface area contributed by atoms with Crippen LogP contribution in [0.25, 0.3) is 0 Å². The zero-order chi connectivity index (χ0) is 19.4. The Bertz CT molecular complexity index is 783. The Morgan fingerprint density at radius 1 is 0.778 bits per heavy atom. The number of methoxy groups -OCH3 is 2. The second-order valence-electron chi connectivity index (χ2n) is 7.32. The third-order valence-corrected chi connectivity index (χ3v) is 5.28. The minimum atomic E-state index is 0.237. The van der Waals surface area contributed by atoms with Gasteiger partial charge in [-0.25, -0.2) is 0 Å². The zero-order valence-corrected chi connectivity index (χ0v) is 16.8. The van der Waals surface area contributed by atoms with Crippen LogP contribution in [-0.2, 0) is 13.1 Å². The fraction of sp³-hybridized carbons (Fsp3) is 0.455. The molecule has 0 radical (unpaired) electrons. The summed E-state index contributed by atoms with van der Waals surface area (Å²) < 4.78 is 10.6. The predicted octanol–water partition coefficient (Wildman–Crippen LogP) is 3.34. The molecule has 1 aliphatic heterocycles. The number of nitrogens with zero attached hydrogens (tertiary/aromatic N) is 2. The topological polar surface area (TPSA) is 45.2 Å². The van der Waals surface area contributed by atoms with Crippen LogP contribution in [0.2, 0.25) is 0 Å². The van der Waals surface area contributed by atoms with E-state index in [1.54, 1.807) is 14.2 Å². The lowest BCUT2D eigenvalue weighted by Crippen LogP contribution is -2.45. The number of aromatic hydroxyl groups is 1. The lowest BCUT2D eigenvalue weighted by Gasteiger charge is -2.35. The molecule has 1 N–H and O–H groups in total. The summed E-state index contributed by atoms with van der Waals surface area (Å²) in [4.78, 5) is 4.96. The summed E-state index contributed by atoms with van der Waals surface area (Å²) in [7, 11) is 3.31. The van der Waals surface area contributed by atoms with E-state index in [9.17, 15) is 5.11 Å². The second-order valence-corrected chi connectivity index (χ2v) is 7.32. The van der Waals surface area contributed by atoms with Crippen molar-refractivity contribution in [3.05, 3.63) is 52.6 Å². The maximum atomic E-state index is 10.0. The second kappa shape index (κ2) is 8.63. The lowest BCUT2D eigenvalue weighted by molar-refractivity contribution is 0.122. The molecule has 27 heavy (non-hydrogen) atoms. The van der Waals surface area contributed by atoms with Crippen LogP contribution < -0.4 is 9.47 Å². The molecule has 0 saturated carbocycles. The largest absolute Gasteiger partial charge is 0.504 e. The fourth-order valence-electron chi connectivity index (χ4n) is 3.73. The molecule has 146 valence electrons. The van der Waals surface area contributed by atoms with Crippen molar-refractivity contribution in [2.75, 3.05) is 40.4 Å². The molecule has 5 heteroatoms. The quantitative estimate of drug-likeness (QED) is 0.845.